The van der Waals surface area contributed by atoms with Crippen LogP contribution in [-0.4, -0.2) is 24.3 Å². The van der Waals surface area contributed by atoms with E-state index >= 15 is 0 Å². The Hall–Kier alpha value is -0.830. The molecule has 2 fully saturated rings. The van der Waals surface area contributed by atoms with Crippen LogP contribution >= 0.6 is 0 Å². The van der Waals surface area contributed by atoms with Crippen LogP contribution in [0, 0.1) is 0 Å². The second-order valence-corrected chi connectivity index (χ2v) is 4.75. The zero-order valence-corrected chi connectivity index (χ0v) is 9.74. The van der Waals surface area contributed by atoms with Crippen molar-refractivity contribution in [3.8, 4) is 0 Å². The quantitative estimate of drug-likeness (QED) is 0.546. The molecule has 2 rings (SSSR count). The van der Waals surface area contributed by atoms with Gasteiger partial charge in [0.05, 0.1) is 6.10 Å². The Balaban J connectivity index is 2.09. The molecular weight excluding hydrogens is 204 g/mol. The molecule has 1 atom stereocenters. The summed E-state index contributed by atoms with van der Waals surface area (Å²) in [6.07, 6.45) is 8.84. The van der Waals surface area contributed by atoms with Gasteiger partial charge in [0.25, 0.3) is 0 Å². The first-order valence-corrected chi connectivity index (χ1v) is 6.24. The summed E-state index contributed by atoms with van der Waals surface area (Å²) < 4.78 is 11.4. The second-order valence-electron chi connectivity index (χ2n) is 4.75. The van der Waals surface area contributed by atoms with Crippen LogP contribution in [0.3, 0.4) is 0 Å². The maximum absolute atomic E-state index is 11.4. The molecule has 1 aliphatic carbocycles. The molecule has 1 saturated heterocycles. The predicted octanol–water partition coefficient (Wildman–Crippen LogP) is 2.60. The van der Waals surface area contributed by atoms with E-state index in [1.54, 1.807) is 0 Å². The van der Waals surface area contributed by atoms with E-state index in [0.29, 0.717) is 0 Å². The third-order valence-corrected chi connectivity index (χ3v) is 3.69. The van der Waals surface area contributed by atoms with Gasteiger partial charge in [-0.3, -0.25) is 0 Å². The average Bonchev–Trinajstić information content (AvgIpc) is 2.84. The molecule has 0 aromatic carbocycles. The normalized spacial score (nSPS) is 28.6. The largest absolute Gasteiger partial charge is 0.453 e. The number of carbonyl (C=O) groups excluding carboxylic acids is 1. The highest BCUT2D eigenvalue weighted by atomic mass is 16.6. The molecule has 0 amide bonds. The number of ether oxygens (including phenoxy) is 2. The summed E-state index contributed by atoms with van der Waals surface area (Å²) >= 11 is 0. The Kier molecular flexibility index (Phi) is 3.64. The van der Waals surface area contributed by atoms with Gasteiger partial charge in [-0.05, 0) is 38.5 Å². The molecule has 0 N–H and O–H groups in total. The fourth-order valence-electron chi connectivity index (χ4n) is 2.87. The first-order chi connectivity index (χ1) is 7.77. The van der Waals surface area contributed by atoms with Crippen LogP contribution in [0.4, 0.5) is 0 Å². The van der Waals surface area contributed by atoms with E-state index in [-0.39, 0.29) is 17.7 Å². The minimum atomic E-state index is -0.361. The summed E-state index contributed by atoms with van der Waals surface area (Å²) in [7, 11) is 0. The molecule has 90 valence electrons. The van der Waals surface area contributed by atoms with Crippen LogP contribution in [0.15, 0.2) is 12.7 Å². The van der Waals surface area contributed by atoms with Gasteiger partial charge in [0.1, 0.15) is 5.60 Å². The van der Waals surface area contributed by atoms with Crippen molar-refractivity contribution in [1.29, 1.82) is 0 Å². The molecule has 1 heterocycles. The maximum atomic E-state index is 11.4. The SMILES string of the molecule is C=CC(=O)OC1(C2CCCO2)CCCCC1. The van der Waals surface area contributed by atoms with Gasteiger partial charge < -0.3 is 9.47 Å². The van der Waals surface area contributed by atoms with E-state index in [4.69, 9.17) is 9.47 Å². The van der Waals surface area contributed by atoms with Crippen molar-refractivity contribution < 1.29 is 14.3 Å². The second kappa shape index (κ2) is 5.00. The van der Waals surface area contributed by atoms with E-state index in [9.17, 15) is 4.79 Å². The Morgan fingerprint density at radius 2 is 2.06 bits per heavy atom. The molecule has 0 aromatic heterocycles. The third-order valence-electron chi connectivity index (χ3n) is 3.69. The third kappa shape index (κ3) is 2.29. The fraction of sp³-hybridized carbons (Fsp3) is 0.769. The standard InChI is InChI=1S/C13H20O3/c1-2-12(14)16-13(8-4-3-5-9-13)11-7-6-10-15-11/h2,11H,1,3-10H2. The lowest BCUT2D eigenvalue weighted by Crippen LogP contribution is -2.47. The van der Waals surface area contributed by atoms with Crippen molar-refractivity contribution in [1.82, 2.24) is 0 Å². The van der Waals surface area contributed by atoms with Crippen LogP contribution < -0.4 is 0 Å². The van der Waals surface area contributed by atoms with Gasteiger partial charge in [0.2, 0.25) is 0 Å². The van der Waals surface area contributed by atoms with Gasteiger partial charge in [-0.25, -0.2) is 4.79 Å². The fourth-order valence-corrected chi connectivity index (χ4v) is 2.87. The van der Waals surface area contributed by atoms with Crippen LogP contribution in [0.5, 0.6) is 0 Å². The van der Waals surface area contributed by atoms with Gasteiger partial charge in [-0.2, -0.15) is 0 Å². The maximum Gasteiger partial charge on any atom is 0.330 e. The molecule has 16 heavy (non-hydrogen) atoms. The molecule has 3 heteroatoms. The minimum Gasteiger partial charge on any atom is -0.453 e. The monoisotopic (exact) mass is 224 g/mol. The molecule has 3 nitrogen and oxygen atoms in total. The van der Waals surface area contributed by atoms with Crippen molar-refractivity contribution in [2.45, 2.75) is 56.7 Å². The lowest BCUT2D eigenvalue weighted by molar-refractivity contribution is -0.175. The predicted molar refractivity (Wildman–Crippen MR) is 61.1 cm³/mol. The lowest BCUT2D eigenvalue weighted by atomic mass is 9.79. The summed E-state index contributed by atoms with van der Waals surface area (Å²) in [5.74, 6) is -0.308. The minimum absolute atomic E-state index is 0.108. The summed E-state index contributed by atoms with van der Waals surface area (Å²) in [5, 5.41) is 0. The van der Waals surface area contributed by atoms with Crippen molar-refractivity contribution in [2.75, 3.05) is 6.61 Å². The van der Waals surface area contributed by atoms with Gasteiger partial charge in [0.15, 0.2) is 0 Å². The van der Waals surface area contributed by atoms with E-state index in [2.05, 4.69) is 6.58 Å². The van der Waals surface area contributed by atoms with Crippen LogP contribution in [0.1, 0.15) is 44.9 Å². The number of rotatable bonds is 3. The van der Waals surface area contributed by atoms with Gasteiger partial charge in [0, 0.05) is 12.7 Å². The Labute approximate surface area is 96.8 Å². The number of esters is 1. The lowest BCUT2D eigenvalue weighted by Gasteiger charge is -2.40. The van der Waals surface area contributed by atoms with E-state index in [1.807, 2.05) is 0 Å². The van der Waals surface area contributed by atoms with Gasteiger partial charge in [-0.15, -0.1) is 0 Å². The summed E-state index contributed by atoms with van der Waals surface area (Å²) in [5.41, 5.74) is -0.361. The van der Waals surface area contributed by atoms with Crippen molar-refractivity contribution in [2.24, 2.45) is 0 Å². The van der Waals surface area contributed by atoms with Gasteiger partial charge in [-0.1, -0.05) is 13.0 Å². The highest BCUT2D eigenvalue weighted by Crippen LogP contribution is 2.39. The molecule has 1 unspecified atom stereocenters. The van der Waals surface area contributed by atoms with Crippen molar-refractivity contribution in [3.63, 3.8) is 0 Å². The van der Waals surface area contributed by atoms with Crippen molar-refractivity contribution in [3.05, 3.63) is 12.7 Å². The first kappa shape index (κ1) is 11.6. The topological polar surface area (TPSA) is 35.5 Å². The van der Waals surface area contributed by atoms with Crippen LogP contribution in [-0.2, 0) is 14.3 Å². The van der Waals surface area contributed by atoms with Crippen LogP contribution in [0.25, 0.3) is 0 Å². The number of carbonyl (C=O) groups is 1. The Morgan fingerprint density at radius 3 is 2.62 bits per heavy atom. The molecule has 1 aliphatic heterocycles. The molecule has 2 aliphatic rings. The smallest absolute Gasteiger partial charge is 0.330 e. The average molecular weight is 224 g/mol. The van der Waals surface area contributed by atoms with E-state index in [1.165, 1.54) is 12.5 Å². The van der Waals surface area contributed by atoms with Gasteiger partial charge >= 0.3 is 5.97 Å². The van der Waals surface area contributed by atoms with Crippen molar-refractivity contribution >= 4 is 5.97 Å². The van der Waals surface area contributed by atoms with E-state index < -0.39 is 0 Å². The Morgan fingerprint density at radius 1 is 1.31 bits per heavy atom. The highest BCUT2D eigenvalue weighted by Gasteiger charge is 2.45. The Bertz CT molecular complexity index is 260. The zero-order chi connectivity index (χ0) is 11.4. The molecule has 1 saturated carbocycles. The molecular formula is C13H20O3. The highest BCUT2D eigenvalue weighted by molar-refractivity contribution is 5.81. The summed E-state index contributed by atoms with van der Waals surface area (Å²) in [6, 6.07) is 0. The summed E-state index contributed by atoms with van der Waals surface area (Å²) in [6.45, 7) is 4.27. The number of hydrogen-bond acceptors (Lipinski definition) is 3. The molecule has 0 spiro atoms. The molecule has 0 aromatic rings. The molecule has 0 bridgehead atoms. The first-order valence-electron chi connectivity index (χ1n) is 6.24. The van der Waals surface area contributed by atoms with E-state index in [0.717, 1.165) is 45.1 Å². The van der Waals surface area contributed by atoms with Crippen LogP contribution in [0.2, 0.25) is 0 Å². The summed E-state index contributed by atoms with van der Waals surface area (Å²) in [4.78, 5) is 11.4. The zero-order valence-electron chi connectivity index (χ0n) is 9.74. The molecule has 0 radical (unpaired) electrons. The number of hydrogen-bond donors (Lipinski definition) is 0.